The van der Waals surface area contributed by atoms with Crippen molar-refractivity contribution in [3.63, 3.8) is 0 Å². The van der Waals surface area contributed by atoms with Crippen molar-refractivity contribution >= 4 is 5.69 Å². The van der Waals surface area contributed by atoms with Crippen molar-refractivity contribution in [2.45, 2.75) is 18.8 Å². The Balaban J connectivity index is 1.99. The second-order valence-corrected chi connectivity index (χ2v) is 4.33. The highest BCUT2D eigenvalue weighted by atomic mass is 15.3. The van der Waals surface area contributed by atoms with Crippen LogP contribution in [0.15, 0.2) is 24.4 Å². The predicted molar refractivity (Wildman–Crippen MR) is 62.8 cm³/mol. The molecule has 2 aromatic rings. The standard InChI is InChI=1S/C12H14N4/c1-16-12(8-2-3-8)6-11(15-16)10-5-4-9(13)7-14-10/h4-8H,2-3,13H2,1H3. The quantitative estimate of drug-likeness (QED) is 0.831. The van der Waals surface area contributed by atoms with Crippen molar-refractivity contribution in [1.29, 1.82) is 0 Å². The summed E-state index contributed by atoms with van der Waals surface area (Å²) >= 11 is 0. The smallest absolute Gasteiger partial charge is 0.111 e. The maximum atomic E-state index is 5.61. The van der Waals surface area contributed by atoms with Gasteiger partial charge in [0.25, 0.3) is 0 Å². The van der Waals surface area contributed by atoms with Crippen molar-refractivity contribution in [2.75, 3.05) is 5.73 Å². The first-order valence-corrected chi connectivity index (χ1v) is 5.50. The van der Waals surface area contributed by atoms with Gasteiger partial charge in [0.2, 0.25) is 0 Å². The second-order valence-electron chi connectivity index (χ2n) is 4.33. The summed E-state index contributed by atoms with van der Waals surface area (Å²) in [4.78, 5) is 4.28. The van der Waals surface area contributed by atoms with E-state index in [4.69, 9.17) is 5.73 Å². The number of aryl methyl sites for hydroxylation is 1. The topological polar surface area (TPSA) is 56.7 Å². The first-order valence-electron chi connectivity index (χ1n) is 5.50. The first-order chi connectivity index (χ1) is 7.74. The molecule has 0 unspecified atom stereocenters. The first kappa shape index (κ1) is 9.39. The highest BCUT2D eigenvalue weighted by Crippen LogP contribution is 2.40. The van der Waals surface area contributed by atoms with E-state index in [-0.39, 0.29) is 0 Å². The molecule has 1 saturated carbocycles. The number of nitrogen functional groups attached to an aromatic ring is 1. The van der Waals surface area contributed by atoms with E-state index in [0.717, 1.165) is 11.4 Å². The minimum Gasteiger partial charge on any atom is -0.397 e. The molecule has 2 N–H and O–H groups in total. The summed E-state index contributed by atoms with van der Waals surface area (Å²) in [6.45, 7) is 0. The monoisotopic (exact) mass is 214 g/mol. The minimum atomic E-state index is 0.682. The van der Waals surface area contributed by atoms with E-state index in [1.54, 1.807) is 6.20 Å². The molecule has 0 aromatic carbocycles. The van der Waals surface area contributed by atoms with Crippen LogP contribution >= 0.6 is 0 Å². The SMILES string of the molecule is Cn1nc(-c2ccc(N)cn2)cc1C1CC1. The molecule has 0 atom stereocenters. The molecular weight excluding hydrogens is 200 g/mol. The van der Waals surface area contributed by atoms with E-state index in [1.807, 2.05) is 23.9 Å². The lowest BCUT2D eigenvalue weighted by Crippen LogP contribution is -1.95. The zero-order valence-electron chi connectivity index (χ0n) is 9.22. The maximum Gasteiger partial charge on any atom is 0.111 e. The molecule has 0 amide bonds. The van der Waals surface area contributed by atoms with Crippen LogP contribution in [0.4, 0.5) is 5.69 Å². The average Bonchev–Trinajstić information content (AvgIpc) is 3.04. The highest BCUT2D eigenvalue weighted by Gasteiger charge is 2.27. The average molecular weight is 214 g/mol. The highest BCUT2D eigenvalue weighted by molar-refractivity contribution is 5.57. The van der Waals surface area contributed by atoms with Gasteiger partial charge in [0.1, 0.15) is 5.69 Å². The van der Waals surface area contributed by atoms with E-state index in [0.29, 0.717) is 11.6 Å². The number of rotatable bonds is 2. The van der Waals surface area contributed by atoms with Crippen LogP contribution in [0.25, 0.3) is 11.4 Å². The number of pyridine rings is 1. The van der Waals surface area contributed by atoms with Gasteiger partial charge in [-0.2, -0.15) is 5.10 Å². The van der Waals surface area contributed by atoms with E-state index >= 15 is 0 Å². The third-order valence-corrected chi connectivity index (χ3v) is 2.96. The van der Waals surface area contributed by atoms with Gasteiger partial charge in [0.05, 0.1) is 17.6 Å². The fourth-order valence-electron chi connectivity index (χ4n) is 1.92. The fraction of sp³-hybridized carbons (Fsp3) is 0.333. The Hall–Kier alpha value is -1.84. The van der Waals surface area contributed by atoms with Crippen molar-refractivity contribution < 1.29 is 0 Å². The van der Waals surface area contributed by atoms with E-state index in [9.17, 15) is 0 Å². The number of nitrogens with two attached hydrogens (primary N) is 1. The number of aromatic nitrogens is 3. The van der Waals surface area contributed by atoms with Crippen molar-refractivity contribution in [3.8, 4) is 11.4 Å². The van der Waals surface area contributed by atoms with Gasteiger partial charge in [-0.1, -0.05) is 0 Å². The van der Waals surface area contributed by atoms with Crippen LogP contribution in [0.2, 0.25) is 0 Å². The number of hydrogen-bond donors (Lipinski definition) is 1. The fourth-order valence-corrected chi connectivity index (χ4v) is 1.92. The summed E-state index contributed by atoms with van der Waals surface area (Å²) in [5.41, 5.74) is 9.43. The van der Waals surface area contributed by atoms with E-state index in [2.05, 4.69) is 16.1 Å². The van der Waals surface area contributed by atoms with Crippen molar-refractivity contribution in [2.24, 2.45) is 7.05 Å². The normalized spacial score (nSPS) is 15.3. The van der Waals surface area contributed by atoms with Crippen LogP contribution < -0.4 is 5.73 Å². The molecule has 82 valence electrons. The molecule has 1 aliphatic carbocycles. The third-order valence-electron chi connectivity index (χ3n) is 2.96. The van der Waals surface area contributed by atoms with Gasteiger partial charge in [0, 0.05) is 18.7 Å². The molecule has 16 heavy (non-hydrogen) atoms. The molecule has 0 bridgehead atoms. The lowest BCUT2D eigenvalue weighted by atomic mass is 10.2. The summed E-state index contributed by atoms with van der Waals surface area (Å²) in [6, 6.07) is 5.90. The van der Waals surface area contributed by atoms with Gasteiger partial charge in [-0.25, -0.2) is 0 Å². The van der Waals surface area contributed by atoms with E-state index in [1.165, 1.54) is 18.5 Å². The summed E-state index contributed by atoms with van der Waals surface area (Å²) in [7, 11) is 1.99. The number of anilines is 1. The molecule has 2 heterocycles. The summed E-state index contributed by atoms with van der Waals surface area (Å²) in [5.74, 6) is 0.708. The van der Waals surface area contributed by atoms with Crippen LogP contribution in [0.1, 0.15) is 24.5 Å². The van der Waals surface area contributed by atoms with Crippen LogP contribution in [0.5, 0.6) is 0 Å². The summed E-state index contributed by atoms with van der Waals surface area (Å²) < 4.78 is 1.96. The number of hydrogen-bond acceptors (Lipinski definition) is 3. The van der Waals surface area contributed by atoms with Crippen LogP contribution in [-0.4, -0.2) is 14.8 Å². The molecule has 1 fully saturated rings. The molecule has 0 radical (unpaired) electrons. The predicted octanol–water partition coefficient (Wildman–Crippen LogP) is 1.94. The third kappa shape index (κ3) is 1.56. The molecule has 1 aliphatic rings. The molecule has 4 nitrogen and oxygen atoms in total. The Labute approximate surface area is 94.1 Å². The van der Waals surface area contributed by atoms with Gasteiger partial charge >= 0.3 is 0 Å². The van der Waals surface area contributed by atoms with Crippen LogP contribution in [0, 0.1) is 0 Å². The zero-order valence-corrected chi connectivity index (χ0v) is 9.22. The second kappa shape index (κ2) is 3.33. The molecule has 4 heteroatoms. The number of nitrogens with zero attached hydrogens (tertiary/aromatic N) is 3. The van der Waals surface area contributed by atoms with Gasteiger partial charge in [-0.15, -0.1) is 0 Å². The summed E-state index contributed by atoms with van der Waals surface area (Å²) in [5, 5.41) is 4.49. The minimum absolute atomic E-state index is 0.682. The van der Waals surface area contributed by atoms with Crippen molar-refractivity contribution in [3.05, 3.63) is 30.1 Å². The Kier molecular flexibility index (Phi) is 1.96. The largest absolute Gasteiger partial charge is 0.397 e. The van der Waals surface area contributed by atoms with Crippen LogP contribution in [-0.2, 0) is 7.05 Å². The van der Waals surface area contributed by atoms with E-state index < -0.39 is 0 Å². The Morgan fingerprint density at radius 1 is 1.31 bits per heavy atom. The molecule has 0 aliphatic heterocycles. The Morgan fingerprint density at radius 2 is 2.12 bits per heavy atom. The van der Waals surface area contributed by atoms with Crippen LogP contribution in [0.3, 0.4) is 0 Å². The van der Waals surface area contributed by atoms with Gasteiger partial charge in [-0.3, -0.25) is 9.67 Å². The van der Waals surface area contributed by atoms with Crippen molar-refractivity contribution in [1.82, 2.24) is 14.8 Å². The van der Waals surface area contributed by atoms with Gasteiger partial charge in [-0.05, 0) is 31.0 Å². The van der Waals surface area contributed by atoms with Gasteiger partial charge < -0.3 is 5.73 Å². The lowest BCUT2D eigenvalue weighted by Gasteiger charge is -1.96. The maximum absolute atomic E-state index is 5.61. The molecule has 0 saturated heterocycles. The summed E-state index contributed by atoms with van der Waals surface area (Å²) in [6.07, 6.45) is 4.24. The molecular formula is C12H14N4. The Morgan fingerprint density at radius 3 is 2.75 bits per heavy atom. The van der Waals surface area contributed by atoms with Gasteiger partial charge in [0.15, 0.2) is 0 Å². The zero-order chi connectivity index (χ0) is 11.1. The lowest BCUT2D eigenvalue weighted by molar-refractivity contribution is 0.715. The molecule has 0 spiro atoms. The Bertz CT molecular complexity index is 508. The molecule has 3 rings (SSSR count). The molecule has 2 aromatic heterocycles.